The summed E-state index contributed by atoms with van der Waals surface area (Å²) in [5, 5.41) is 12.8. The summed E-state index contributed by atoms with van der Waals surface area (Å²) in [6.45, 7) is 1.32. The van der Waals surface area contributed by atoms with E-state index in [0.717, 1.165) is 6.07 Å². The van der Waals surface area contributed by atoms with Gasteiger partial charge >= 0.3 is 7.82 Å². The van der Waals surface area contributed by atoms with Gasteiger partial charge in [0, 0.05) is 44.1 Å². The van der Waals surface area contributed by atoms with E-state index in [9.17, 15) is 18.1 Å². The molecule has 4 rings (SSSR count). The van der Waals surface area contributed by atoms with Crippen LogP contribution >= 0.6 is 7.82 Å². The monoisotopic (exact) mass is 651 g/mol. The predicted octanol–water partition coefficient (Wildman–Crippen LogP) is 3.00. The molecule has 2 heterocycles. The molecule has 0 aliphatic carbocycles. The Bertz CT molecular complexity index is 1650. The van der Waals surface area contributed by atoms with Crippen LogP contribution in [0.15, 0.2) is 42.7 Å². The predicted molar refractivity (Wildman–Crippen MR) is 158 cm³/mol. The number of likely N-dealkylation sites (N-methyl/N-ethyl adjacent to an activating group) is 1. The highest BCUT2D eigenvalue weighted by Gasteiger charge is 2.17. The third-order valence-corrected chi connectivity index (χ3v) is 6.67. The van der Waals surface area contributed by atoms with Gasteiger partial charge in [-0.3, -0.25) is 14.4 Å². The molecule has 2 aromatic carbocycles. The highest BCUT2D eigenvalue weighted by molar-refractivity contribution is 7.46. The van der Waals surface area contributed by atoms with Gasteiger partial charge in [-0.25, -0.2) is 23.3 Å². The number of benzene rings is 2. The number of hydrogen-bond acceptors (Lipinski definition) is 11. The van der Waals surface area contributed by atoms with Crippen molar-refractivity contribution in [2.24, 2.45) is 0 Å². The van der Waals surface area contributed by atoms with E-state index in [4.69, 9.17) is 24.0 Å². The SMILES string of the molecule is COCCOc1cc(OCCN(C)CCOP(=O)(O)O)c2c(Nc3cc(CC(=O)Nc4cccc(F)c4F)[nH]n3)ncnc2c1. The van der Waals surface area contributed by atoms with Crippen molar-refractivity contribution in [1.29, 1.82) is 0 Å². The molecule has 18 heteroatoms. The van der Waals surface area contributed by atoms with E-state index in [1.54, 1.807) is 37.3 Å². The molecule has 45 heavy (non-hydrogen) atoms. The lowest BCUT2D eigenvalue weighted by atomic mass is 10.2. The summed E-state index contributed by atoms with van der Waals surface area (Å²) in [6.07, 6.45) is 1.15. The smallest absolute Gasteiger partial charge is 0.469 e. The minimum atomic E-state index is -4.55. The lowest BCUT2D eigenvalue weighted by Crippen LogP contribution is -2.27. The second-order valence-electron chi connectivity index (χ2n) is 9.58. The van der Waals surface area contributed by atoms with Gasteiger partial charge < -0.3 is 39.5 Å². The zero-order valence-electron chi connectivity index (χ0n) is 24.3. The fourth-order valence-corrected chi connectivity index (χ4v) is 4.33. The molecule has 15 nitrogen and oxygen atoms in total. The summed E-state index contributed by atoms with van der Waals surface area (Å²) < 4.78 is 59.7. The van der Waals surface area contributed by atoms with Crippen LogP contribution in [0.5, 0.6) is 11.5 Å². The average Bonchev–Trinajstić information content (AvgIpc) is 3.41. The van der Waals surface area contributed by atoms with Crippen LogP contribution in [0.3, 0.4) is 0 Å². The van der Waals surface area contributed by atoms with Crippen LogP contribution in [0.2, 0.25) is 0 Å². The van der Waals surface area contributed by atoms with Crippen LogP contribution in [0.1, 0.15) is 5.69 Å². The topological polar surface area (TPSA) is 193 Å². The number of aromatic nitrogens is 4. The number of carbonyl (C=O) groups excluding carboxylic acids is 1. The molecule has 0 aliphatic heterocycles. The summed E-state index contributed by atoms with van der Waals surface area (Å²) >= 11 is 0. The van der Waals surface area contributed by atoms with Crippen molar-refractivity contribution in [2.45, 2.75) is 6.42 Å². The van der Waals surface area contributed by atoms with Gasteiger partial charge in [-0.05, 0) is 19.2 Å². The summed E-state index contributed by atoms with van der Waals surface area (Å²) in [4.78, 5) is 40.6. The van der Waals surface area contributed by atoms with E-state index in [1.165, 1.54) is 18.5 Å². The molecule has 0 saturated heterocycles. The molecule has 0 bridgehead atoms. The zero-order chi connectivity index (χ0) is 32.4. The molecule has 4 aromatic rings. The van der Waals surface area contributed by atoms with Crippen molar-refractivity contribution < 1.29 is 46.7 Å². The molecule has 0 radical (unpaired) electrons. The van der Waals surface area contributed by atoms with Crippen molar-refractivity contribution in [3.63, 3.8) is 0 Å². The molecule has 1 amide bonds. The van der Waals surface area contributed by atoms with E-state index in [-0.39, 0.29) is 38.5 Å². The number of fused-ring (bicyclic) bond motifs is 1. The largest absolute Gasteiger partial charge is 0.491 e. The van der Waals surface area contributed by atoms with Crippen LogP contribution in [0.25, 0.3) is 10.9 Å². The van der Waals surface area contributed by atoms with Crippen LogP contribution in [0, 0.1) is 11.6 Å². The number of hydrogen-bond donors (Lipinski definition) is 5. The lowest BCUT2D eigenvalue weighted by Gasteiger charge is -2.18. The van der Waals surface area contributed by atoms with Gasteiger partial charge in [-0.15, -0.1) is 0 Å². The van der Waals surface area contributed by atoms with Crippen molar-refractivity contribution in [3.8, 4) is 11.5 Å². The van der Waals surface area contributed by atoms with Gasteiger partial charge in [0.2, 0.25) is 5.91 Å². The minimum absolute atomic E-state index is 0.163. The molecule has 0 unspecified atom stereocenters. The maximum absolute atomic E-state index is 13.9. The van der Waals surface area contributed by atoms with Gasteiger partial charge in [0.25, 0.3) is 0 Å². The van der Waals surface area contributed by atoms with Crippen LogP contribution in [-0.4, -0.2) is 94.4 Å². The van der Waals surface area contributed by atoms with Gasteiger partial charge in [0.1, 0.15) is 36.9 Å². The number of phosphoric ester groups is 1. The Morgan fingerprint density at radius 2 is 1.87 bits per heavy atom. The van der Waals surface area contributed by atoms with Gasteiger partial charge in [-0.1, -0.05) is 6.07 Å². The first-order chi connectivity index (χ1) is 21.5. The number of nitrogens with zero attached hydrogens (tertiary/aromatic N) is 4. The van der Waals surface area contributed by atoms with Gasteiger partial charge in [0.15, 0.2) is 17.5 Å². The molecule has 2 aromatic heterocycles. The standard InChI is InChI=1S/C27H32F2N7O8P/c1-36(7-9-44-45(38,39)40)6-8-43-22-15-18(42-11-10-41-2)14-21-25(22)27(31-16-30-21)33-23-12-17(34-35-23)13-24(37)32-20-5-3-4-19(28)26(20)29/h3-5,12,14-16H,6-11,13H2,1-2H3,(H,32,37)(H2,38,39,40)(H2,30,31,33,34,35). The number of methoxy groups -OCH3 is 1. The van der Waals surface area contributed by atoms with Crippen molar-refractivity contribution >= 4 is 42.0 Å². The van der Waals surface area contributed by atoms with E-state index >= 15 is 0 Å². The normalized spacial score (nSPS) is 11.6. The number of anilines is 3. The van der Waals surface area contributed by atoms with Crippen LogP contribution in [-0.2, 0) is 25.0 Å². The molecule has 0 fully saturated rings. The minimum Gasteiger partial charge on any atom is -0.491 e. The van der Waals surface area contributed by atoms with E-state index in [2.05, 4.69) is 35.3 Å². The Hall–Kier alpha value is -4.25. The quantitative estimate of drug-likeness (QED) is 0.0827. The fourth-order valence-electron chi connectivity index (χ4n) is 4.01. The third kappa shape index (κ3) is 10.1. The first-order valence-corrected chi connectivity index (χ1v) is 15.0. The summed E-state index contributed by atoms with van der Waals surface area (Å²) in [7, 11) is -1.25. The summed E-state index contributed by atoms with van der Waals surface area (Å²) in [5.74, 6) is -1.30. The highest BCUT2D eigenvalue weighted by Crippen LogP contribution is 2.36. The van der Waals surface area contributed by atoms with E-state index in [1.807, 2.05) is 0 Å². The van der Waals surface area contributed by atoms with Gasteiger partial charge in [-0.2, -0.15) is 5.10 Å². The molecule has 242 valence electrons. The third-order valence-electron chi connectivity index (χ3n) is 6.15. The zero-order valence-corrected chi connectivity index (χ0v) is 25.2. The van der Waals surface area contributed by atoms with Crippen molar-refractivity contribution in [1.82, 2.24) is 25.1 Å². The van der Waals surface area contributed by atoms with Crippen LogP contribution < -0.4 is 20.1 Å². The Balaban J connectivity index is 1.48. The Morgan fingerprint density at radius 3 is 2.64 bits per heavy atom. The number of phosphoric acid groups is 1. The molecular formula is C27H32F2N7O8P. The molecule has 0 atom stereocenters. The van der Waals surface area contributed by atoms with E-state index < -0.39 is 25.4 Å². The second kappa shape index (κ2) is 15.7. The Morgan fingerprint density at radius 1 is 1.07 bits per heavy atom. The number of aromatic amines is 1. The number of rotatable bonds is 17. The van der Waals surface area contributed by atoms with Crippen LogP contribution in [0.4, 0.5) is 26.1 Å². The van der Waals surface area contributed by atoms with E-state index in [0.29, 0.717) is 52.9 Å². The summed E-state index contributed by atoms with van der Waals surface area (Å²) in [6, 6.07) is 8.44. The maximum Gasteiger partial charge on any atom is 0.469 e. The number of H-pyrrole nitrogens is 1. The number of ether oxygens (including phenoxy) is 3. The Labute approximate surface area is 256 Å². The fraction of sp³-hybridized carbons (Fsp3) is 0.333. The number of amides is 1. The first kappa shape index (κ1) is 33.6. The molecule has 0 spiro atoms. The second-order valence-corrected chi connectivity index (χ2v) is 10.8. The molecule has 0 aliphatic rings. The van der Waals surface area contributed by atoms with Crippen molar-refractivity contribution in [2.75, 3.05) is 64.3 Å². The average molecular weight is 652 g/mol. The number of halogens is 2. The maximum atomic E-state index is 13.9. The first-order valence-electron chi connectivity index (χ1n) is 13.5. The van der Waals surface area contributed by atoms with Gasteiger partial charge in [0.05, 0.1) is 36.2 Å². The molecular weight excluding hydrogens is 619 g/mol. The Kier molecular flexibility index (Phi) is 11.7. The molecule has 5 N–H and O–H groups in total. The molecule has 0 saturated carbocycles. The lowest BCUT2D eigenvalue weighted by molar-refractivity contribution is -0.115. The summed E-state index contributed by atoms with van der Waals surface area (Å²) in [5.41, 5.74) is 0.610. The number of carbonyl (C=O) groups is 1. The highest BCUT2D eigenvalue weighted by atomic mass is 31.2. The van der Waals surface area contributed by atoms with Crippen molar-refractivity contribution in [3.05, 3.63) is 60.1 Å². The number of nitrogens with one attached hydrogen (secondary N) is 3.